The van der Waals surface area contributed by atoms with Crippen LogP contribution in [0, 0.1) is 6.92 Å². The molecule has 0 saturated carbocycles. The van der Waals surface area contributed by atoms with Crippen LogP contribution in [0.15, 0.2) is 130 Å². The first kappa shape index (κ1) is 31.8. The molecule has 0 aliphatic heterocycles. The Hall–Kier alpha value is -5.61. The highest BCUT2D eigenvalue weighted by Gasteiger charge is 2.18. The molecule has 5 rings (SSSR count). The Kier molecular flexibility index (Phi) is 10.6. The van der Waals surface area contributed by atoms with Crippen molar-refractivity contribution >= 4 is 47.1 Å². The molecule has 4 aromatic carbocycles. The molecule has 0 saturated heterocycles. The molecule has 0 aliphatic carbocycles. The quantitative estimate of drug-likeness (QED) is 0.0991. The SMILES string of the molecule is Cc1cc(NC(=O)C(C)Sc2ccc(NC(=O)/C(=C/c3ccc(OCc4ccccc4)cc3)NC(=O)c3ccccc3)cc2)no1. The molecule has 1 aromatic heterocycles. The van der Waals surface area contributed by atoms with E-state index >= 15 is 0 Å². The minimum absolute atomic E-state index is 0.0682. The number of benzene rings is 4. The number of nitrogens with one attached hydrogen (secondary N) is 3. The number of carbonyl (C=O) groups is 3. The van der Waals surface area contributed by atoms with Crippen LogP contribution < -0.4 is 20.7 Å². The van der Waals surface area contributed by atoms with Gasteiger partial charge in [0, 0.05) is 22.2 Å². The van der Waals surface area contributed by atoms with Crippen LogP contribution in [-0.4, -0.2) is 28.1 Å². The summed E-state index contributed by atoms with van der Waals surface area (Å²) in [7, 11) is 0. The van der Waals surface area contributed by atoms with Gasteiger partial charge in [-0.3, -0.25) is 14.4 Å². The Morgan fingerprint density at radius 3 is 2.20 bits per heavy atom. The molecule has 3 amide bonds. The number of amides is 3. The lowest BCUT2D eigenvalue weighted by Crippen LogP contribution is -2.30. The molecule has 0 radical (unpaired) electrons. The summed E-state index contributed by atoms with van der Waals surface area (Å²) in [6, 6.07) is 34.5. The van der Waals surface area contributed by atoms with E-state index in [1.807, 2.05) is 72.8 Å². The smallest absolute Gasteiger partial charge is 0.272 e. The Morgan fingerprint density at radius 2 is 1.54 bits per heavy atom. The third-order valence-electron chi connectivity index (χ3n) is 6.64. The fourth-order valence-electron chi connectivity index (χ4n) is 4.24. The maximum atomic E-state index is 13.4. The van der Waals surface area contributed by atoms with Gasteiger partial charge in [-0.25, -0.2) is 0 Å². The standard InChI is InChI=1S/C36H32N4O5S/c1-24-21-33(40-45-24)39-34(41)25(2)46-31-19-15-29(16-20-31)37-36(43)32(38-35(42)28-11-7-4-8-12-28)22-26-13-17-30(18-14-26)44-23-27-9-5-3-6-10-27/h3-22,25H,23H2,1-2H3,(H,37,43)(H,38,42)(H,39,40,41)/b32-22-. The van der Waals surface area contributed by atoms with Crippen molar-refractivity contribution in [2.45, 2.75) is 30.6 Å². The van der Waals surface area contributed by atoms with Crippen molar-refractivity contribution in [3.05, 3.63) is 143 Å². The van der Waals surface area contributed by atoms with Crippen molar-refractivity contribution in [3.8, 4) is 5.75 Å². The highest BCUT2D eigenvalue weighted by Crippen LogP contribution is 2.26. The summed E-state index contributed by atoms with van der Waals surface area (Å²) in [5.74, 6) is 0.527. The van der Waals surface area contributed by atoms with Gasteiger partial charge in [-0.1, -0.05) is 65.8 Å². The minimum Gasteiger partial charge on any atom is -0.489 e. The van der Waals surface area contributed by atoms with Crippen molar-refractivity contribution in [1.29, 1.82) is 0 Å². The number of carbonyl (C=O) groups excluding carboxylic acids is 3. The molecule has 0 aliphatic rings. The van der Waals surface area contributed by atoms with Crippen LogP contribution in [0.3, 0.4) is 0 Å². The maximum absolute atomic E-state index is 13.4. The molecule has 232 valence electrons. The first-order valence-corrected chi connectivity index (χ1v) is 15.4. The predicted octanol–water partition coefficient (Wildman–Crippen LogP) is 7.09. The van der Waals surface area contributed by atoms with Crippen LogP contribution in [0.5, 0.6) is 5.75 Å². The van der Waals surface area contributed by atoms with E-state index in [0.29, 0.717) is 40.7 Å². The number of anilines is 2. The van der Waals surface area contributed by atoms with E-state index in [1.165, 1.54) is 11.8 Å². The highest BCUT2D eigenvalue weighted by molar-refractivity contribution is 8.00. The van der Waals surface area contributed by atoms with E-state index in [2.05, 4.69) is 21.1 Å². The fraction of sp³-hybridized carbons (Fsp3) is 0.111. The normalized spacial score (nSPS) is 11.7. The van der Waals surface area contributed by atoms with Gasteiger partial charge in [0.15, 0.2) is 5.82 Å². The van der Waals surface area contributed by atoms with Gasteiger partial charge in [-0.05, 0) is 79.6 Å². The summed E-state index contributed by atoms with van der Waals surface area (Å²) in [5.41, 5.74) is 2.76. The van der Waals surface area contributed by atoms with Crippen LogP contribution in [0.4, 0.5) is 11.5 Å². The largest absolute Gasteiger partial charge is 0.489 e. The summed E-state index contributed by atoms with van der Waals surface area (Å²) in [6.45, 7) is 3.97. The Morgan fingerprint density at radius 1 is 0.870 bits per heavy atom. The van der Waals surface area contributed by atoms with E-state index in [-0.39, 0.29) is 11.6 Å². The molecule has 0 bridgehead atoms. The van der Waals surface area contributed by atoms with Crippen molar-refractivity contribution in [3.63, 3.8) is 0 Å². The van der Waals surface area contributed by atoms with Gasteiger partial charge in [-0.2, -0.15) is 0 Å². The molecule has 1 atom stereocenters. The minimum atomic E-state index is -0.496. The second-order valence-corrected chi connectivity index (χ2v) is 11.7. The summed E-state index contributed by atoms with van der Waals surface area (Å²) in [5, 5.41) is 11.7. The van der Waals surface area contributed by atoms with Gasteiger partial charge in [0.1, 0.15) is 23.8 Å². The molecular formula is C36H32N4O5S. The molecule has 10 heteroatoms. The number of thioether (sulfide) groups is 1. The molecule has 46 heavy (non-hydrogen) atoms. The van der Waals surface area contributed by atoms with Crippen molar-refractivity contribution in [1.82, 2.24) is 10.5 Å². The zero-order chi connectivity index (χ0) is 32.3. The average Bonchev–Trinajstić information content (AvgIpc) is 3.49. The topological polar surface area (TPSA) is 123 Å². The zero-order valence-corrected chi connectivity index (χ0v) is 26.0. The Labute approximate surface area is 271 Å². The highest BCUT2D eigenvalue weighted by atomic mass is 32.2. The Balaban J connectivity index is 1.25. The lowest BCUT2D eigenvalue weighted by Gasteiger charge is -2.13. The van der Waals surface area contributed by atoms with Crippen LogP contribution in [0.25, 0.3) is 6.08 Å². The second-order valence-electron chi connectivity index (χ2n) is 10.3. The lowest BCUT2D eigenvalue weighted by molar-refractivity contribution is -0.115. The fourth-order valence-corrected chi connectivity index (χ4v) is 5.10. The zero-order valence-electron chi connectivity index (χ0n) is 25.2. The van der Waals surface area contributed by atoms with Gasteiger partial charge in [-0.15, -0.1) is 11.8 Å². The van der Waals surface area contributed by atoms with E-state index in [4.69, 9.17) is 9.26 Å². The number of ether oxygens (including phenoxy) is 1. The number of aromatic nitrogens is 1. The third kappa shape index (κ3) is 9.20. The monoisotopic (exact) mass is 632 g/mol. The molecule has 1 unspecified atom stereocenters. The van der Waals surface area contributed by atoms with Crippen molar-refractivity contribution in [2.75, 3.05) is 10.6 Å². The van der Waals surface area contributed by atoms with E-state index in [1.54, 1.807) is 62.4 Å². The van der Waals surface area contributed by atoms with Gasteiger partial charge >= 0.3 is 0 Å². The van der Waals surface area contributed by atoms with Crippen molar-refractivity contribution < 1.29 is 23.6 Å². The number of hydrogen-bond donors (Lipinski definition) is 3. The molecule has 3 N–H and O–H groups in total. The number of nitrogens with zero attached hydrogens (tertiary/aromatic N) is 1. The van der Waals surface area contributed by atoms with E-state index in [9.17, 15) is 14.4 Å². The van der Waals surface area contributed by atoms with E-state index in [0.717, 1.165) is 10.5 Å². The van der Waals surface area contributed by atoms with Gasteiger partial charge in [0.25, 0.3) is 11.8 Å². The van der Waals surface area contributed by atoms with Crippen LogP contribution >= 0.6 is 11.8 Å². The predicted molar refractivity (Wildman–Crippen MR) is 179 cm³/mol. The Bertz CT molecular complexity index is 1810. The van der Waals surface area contributed by atoms with Gasteiger partial charge in [0.2, 0.25) is 5.91 Å². The molecule has 9 nitrogen and oxygen atoms in total. The van der Waals surface area contributed by atoms with E-state index < -0.39 is 17.1 Å². The average molecular weight is 633 g/mol. The third-order valence-corrected chi connectivity index (χ3v) is 7.75. The maximum Gasteiger partial charge on any atom is 0.272 e. The van der Waals surface area contributed by atoms with Gasteiger partial charge < -0.3 is 25.2 Å². The first-order valence-electron chi connectivity index (χ1n) is 14.5. The summed E-state index contributed by atoms with van der Waals surface area (Å²) >= 11 is 1.36. The lowest BCUT2D eigenvalue weighted by atomic mass is 10.1. The summed E-state index contributed by atoms with van der Waals surface area (Å²) in [4.78, 5) is 39.8. The number of aryl methyl sites for hydroxylation is 1. The number of hydrogen-bond acceptors (Lipinski definition) is 7. The van der Waals surface area contributed by atoms with Crippen LogP contribution in [-0.2, 0) is 16.2 Å². The van der Waals surface area contributed by atoms with Crippen LogP contribution in [0.2, 0.25) is 0 Å². The van der Waals surface area contributed by atoms with Gasteiger partial charge in [0.05, 0.1) is 5.25 Å². The molecule has 5 aromatic rings. The van der Waals surface area contributed by atoms with Crippen LogP contribution in [0.1, 0.15) is 34.2 Å². The summed E-state index contributed by atoms with van der Waals surface area (Å²) < 4.78 is 10.9. The molecule has 0 spiro atoms. The van der Waals surface area contributed by atoms with Crippen molar-refractivity contribution in [2.24, 2.45) is 0 Å². The molecule has 1 heterocycles. The second kappa shape index (κ2) is 15.4. The first-order chi connectivity index (χ1) is 22.3. The molecular weight excluding hydrogens is 600 g/mol. The molecule has 0 fully saturated rings. The number of rotatable bonds is 12. The summed E-state index contributed by atoms with van der Waals surface area (Å²) in [6.07, 6.45) is 1.61.